The van der Waals surface area contributed by atoms with Gasteiger partial charge in [0, 0.05) is 22.5 Å². The van der Waals surface area contributed by atoms with Gasteiger partial charge in [-0.1, -0.05) is 29.8 Å². The molecule has 1 heterocycles. The average molecular weight is 351 g/mol. The first kappa shape index (κ1) is 17.7. The zero-order valence-electron chi connectivity index (χ0n) is 13.1. The van der Waals surface area contributed by atoms with Crippen molar-refractivity contribution in [2.75, 3.05) is 11.9 Å². The van der Waals surface area contributed by atoms with Crippen molar-refractivity contribution in [1.82, 2.24) is 4.98 Å². The molecule has 1 aromatic heterocycles. The van der Waals surface area contributed by atoms with Gasteiger partial charge in [-0.25, -0.2) is 4.98 Å². The highest BCUT2D eigenvalue weighted by Crippen LogP contribution is 2.24. The highest BCUT2D eigenvalue weighted by molar-refractivity contribution is 7.15. The van der Waals surface area contributed by atoms with Crippen LogP contribution in [0.5, 0.6) is 0 Å². The molecule has 1 N–H and O–H groups in total. The fourth-order valence-corrected chi connectivity index (χ4v) is 2.94. The van der Waals surface area contributed by atoms with Crippen LogP contribution in [0.15, 0.2) is 37.1 Å². The van der Waals surface area contributed by atoms with Gasteiger partial charge in [0.1, 0.15) is 6.10 Å². The number of carbonyl (C=O) groups excluding carboxylic acids is 1. The van der Waals surface area contributed by atoms with Gasteiger partial charge in [-0.3, -0.25) is 10.1 Å². The molecule has 0 aliphatic carbocycles. The Bertz CT molecular complexity index is 700. The highest BCUT2D eigenvalue weighted by atomic mass is 35.5. The minimum absolute atomic E-state index is 0.217. The Kier molecular flexibility index (Phi) is 6.33. The lowest BCUT2D eigenvalue weighted by atomic mass is 10.1. The molecule has 0 spiro atoms. The van der Waals surface area contributed by atoms with E-state index in [1.165, 1.54) is 11.3 Å². The first-order valence-corrected chi connectivity index (χ1v) is 8.42. The van der Waals surface area contributed by atoms with Crippen LogP contribution in [0, 0.1) is 6.92 Å². The number of aryl methyl sites for hydroxylation is 1. The van der Waals surface area contributed by atoms with Gasteiger partial charge in [-0.2, -0.15) is 0 Å². The van der Waals surface area contributed by atoms with Gasteiger partial charge in [-0.05, 0) is 31.0 Å². The van der Waals surface area contributed by atoms with Crippen LogP contribution in [0.1, 0.15) is 22.9 Å². The van der Waals surface area contributed by atoms with Crippen molar-refractivity contribution in [3.8, 4) is 0 Å². The molecule has 0 radical (unpaired) electrons. The van der Waals surface area contributed by atoms with Crippen molar-refractivity contribution in [1.29, 1.82) is 0 Å². The Morgan fingerprint density at radius 3 is 3.04 bits per heavy atom. The van der Waals surface area contributed by atoms with Crippen molar-refractivity contribution in [3.05, 3.63) is 58.1 Å². The molecular weight excluding hydrogens is 332 g/mol. The van der Waals surface area contributed by atoms with Gasteiger partial charge < -0.3 is 4.74 Å². The van der Waals surface area contributed by atoms with Crippen molar-refractivity contribution >= 4 is 34.0 Å². The van der Waals surface area contributed by atoms with Crippen molar-refractivity contribution < 1.29 is 9.53 Å². The molecule has 1 aromatic carbocycles. The lowest BCUT2D eigenvalue weighted by molar-refractivity contribution is -0.125. The van der Waals surface area contributed by atoms with E-state index < -0.39 is 6.10 Å². The molecular formula is C17H19ClN2O2S. The molecule has 0 saturated heterocycles. The number of aromatic nitrogens is 1. The molecule has 122 valence electrons. The monoisotopic (exact) mass is 350 g/mol. The quantitative estimate of drug-likeness (QED) is 0.760. The Labute approximate surface area is 145 Å². The van der Waals surface area contributed by atoms with Gasteiger partial charge in [0.05, 0.1) is 6.61 Å². The largest absolute Gasteiger partial charge is 0.365 e. The van der Waals surface area contributed by atoms with Gasteiger partial charge in [0.2, 0.25) is 0 Å². The molecule has 23 heavy (non-hydrogen) atoms. The number of hydrogen-bond acceptors (Lipinski definition) is 4. The van der Waals surface area contributed by atoms with E-state index in [9.17, 15) is 4.79 Å². The Hall–Kier alpha value is -1.69. The van der Waals surface area contributed by atoms with Crippen LogP contribution in [0.4, 0.5) is 5.13 Å². The van der Waals surface area contributed by atoms with Crippen LogP contribution in [0.3, 0.4) is 0 Å². The third kappa shape index (κ3) is 5.16. The van der Waals surface area contributed by atoms with E-state index in [4.69, 9.17) is 16.3 Å². The van der Waals surface area contributed by atoms with Gasteiger partial charge in [0.15, 0.2) is 5.13 Å². The van der Waals surface area contributed by atoms with Gasteiger partial charge in [0.25, 0.3) is 5.91 Å². The van der Waals surface area contributed by atoms with Crippen LogP contribution >= 0.6 is 22.9 Å². The predicted octanol–water partition coefficient (Wildman–Crippen LogP) is 4.23. The smallest absolute Gasteiger partial charge is 0.255 e. The van der Waals surface area contributed by atoms with Crippen LogP contribution in [-0.2, 0) is 16.0 Å². The number of hydrogen-bond donors (Lipinski definition) is 1. The molecule has 0 aliphatic heterocycles. The summed E-state index contributed by atoms with van der Waals surface area (Å²) in [6, 6.07) is 6.00. The molecule has 2 rings (SSSR count). The lowest BCUT2D eigenvalue weighted by Crippen LogP contribution is -2.27. The maximum Gasteiger partial charge on any atom is 0.255 e. The molecule has 1 unspecified atom stereocenters. The van der Waals surface area contributed by atoms with E-state index >= 15 is 0 Å². The molecule has 2 aromatic rings. The number of rotatable bonds is 7. The van der Waals surface area contributed by atoms with E-state index in [2.05, 4.69) is 16.9 Å². The topological polar surface area (TPSA) is 51.2 Å². The fourth-order valence-electron chi connectivity index (χ4n) is 1.89. The van der Waals surface area contributed by atoms with E-state index in [0.29, 0.717) is 11.7 Å². The Morgan fingerprint density at radius 1 is 1.57 bits per heavy atom. The summed E-state index contributed by atoms with van der Waals surface area (Å²) in [5.41, 5.74) is 2.17. The SMILES string of the molecule is C=CCOC(C)C(=O)Nc1ncc(Cc2ccc(C)c(Cl)c2)s1. The summed E-state index contributed by atoms with van der Waals surface area (Å²) in [5.74, 6) is -0.217. The minimum Gasteiger partial charge on any atom is -0.365 e. The second kappa shape index (κ2) is 8.24. The summed E-state index contributed by atoms with van der Waals surface area (Å²) < 4.78 is 5.28. The zero-order valence-corrected chi connectivity index (χ0v) is 14.7. The number of benzene rings is 1. The molecule has 0 aliphatic rings. The highest BCUT2D eigenvalue weighted by Gasteiger charge is 2.14. The number of nitrogens with zero attached hydrogens (tertiary/aromatic N) is 1. The molecule has 6 heteroatoms. The maximum absolute atomic E-state index is 11.9. The normalized spacial score (nSPS) is 12.0. The van der Waals surface area contributed by atoms with Crippen molar-refractivity contribution in [2.45, 2.75) is 26.4 Å². The molecule has 1 amide bonds. The first-order valence-electron chi connectivity index (χ1n) is 7.22. The zero-order chi connectivity index (χ0) is 16.8. The summed E-state index contributed by atoms with van der Waals surface area (Å²) in [4.78, 5) is 17.2. The number of anilines is 1. The number of amides is 1. The number of carbonyl (C=O) groups is 1. The van der Waals surface area contributed by atoms with E-state index in [1.807, 2.05) is 25.1 Å². The summed E-state index contributed by atoms with van der Waals surface area (Å²) in [7, 11) is 0. The minimum atomic E-state index is -0.545. The molecule has 0 bridgehead atoms. The summed E-state index contributed by atoms with van der Waals surface area (Å²) in [5, 5.41) is 4.09. The third-order valence-electron chi connectivity index (χ3n) is 3.23. The first-order chi connectivity index (χ1) is 11.0. The van der Waals surface area contributed by atoms with Crippen LogP contribution in [0.2, 0.25) is 5.02 Å². The summed E-state index contributed by atoms with van der Waals surface area (Å²) >= 11 is 7.59. The fraction of sp³-hybridized carbons (Fsp3) is 0.294. The van der Waals surface area contributed by atoms with Gasteiger partial charge >= 0.3 is 0 Å². The predicted molar refractivity (Wildman–Crippen MR) is 95.3 cm³/mol. The van der Waals surface area contributed by atoms with Crippen molar-refractivity contribution in [2.24, 2.45) is 0 Å². The number of halogens is 1. The lowest BCUT2D eigenvalue weighted by Gasteiger charge is -2.10. The van der Waals surface area contributed by atoms with Crippen LogP contribution in [0.25, 0.3) is 0 Å². The molecule has 1 atom stereocenters. The van der Waals surface area contributed by atoms with E-state index in [1.54, 1.807) is 19.2 Å². The van der Waals surface area contributed by atoms with E-state index in [-0.39, 0.29) is 5.91 Å². The van der Waals surface area contributed by atoms with Crippen LogP contribution in [-0.4, -0.2) is 23.6 Å². The Morgan fingerprint density at radius 2 is 2.35 bits per heavy atom. The second-order valence-corrected chi connectivity index (χ2v) is 6.67. The van der Waals surface area contributed by atoms with Crippen molar-refractivity contribution in [3.63, 3.8) is 0 Å². The third-order valence-corrected chi connectivity index (χ3v) is 4.55. The average Bonchev–Trinajstić information content (AvgIpc) is 2.95. The molecule has 0 fully saturated rings. The number of ether oxygens (including phenoxy) is 1. The van der Waals surface area contributed by atoms with Gasteiger partial charge in [-0.15, -0.1) is 17.9 Å². The maximum atomic E-state index is 11.9. The Balaban J connectivity index is 1.96. The molecule has 4 nitrogen and oxygen atoms in total. The summed E-state index contributed by atoms with van der Waals surface area (Å²) in [6.07, 6.45) is 3.56. The van der Waals surface area contributed by atoms with Crippen LogP contribution < -0.4 is 5.32 Å². The summed E-state index contributed by atoms with van der Waals surface area (Å²) in [6.45, 7) is 7.56. The number of thiazole rings is 1. The standard InChI is InChI=1S/C17H19ClN2O2S/c1-4-7-22-12(3)16(21)20-17-19-10-14(23-17)8-13-6-5-11(2)15(18)9-13/h4-6,9-10,12H,1,7-8H2,2-3H3,(H,19,20,21). The van der Waals surface area contributed by atoms with E-state index in [0.717, 1.165) is 27.4 Å². The number of nitrogens with one attached hydrogen (secondary N) is 1. The molecule has 0 saturated carbocycles. The second-order valence-electron chi connectivity index (χ2n) is 5.15.